The number of H-pyrrole nitrogens is 1. The lowest BCUT2D eigenvalue weighted by molar-refractivity contribution is -0.812. The highest BCUT2D eigenvalue weighted by atomic mass is 79.9. The molecule has 5 rings (SSSR count). The van der Waals surface area contributed by atoms with Crippen LogP contribution in [-0.2, 0) is 25.6 Å². The van der Waals surface area contributed by atoms with Gasteiger partial charge in [0.25, 0.3) is 5.70 Å². The van der Waals surface area contributed by atoms with Gasteiger partial charge >= 0.3 is 11.9 Å². The smallest absolute Gasteiger partial charge is 0.394 e. The second-order valence-electron chi connectivity index (χ2n) is 10.4. The SMILES string of the molecule is CCC1=NC(Cl)=C(C(=O)O)[N+]1(CCOC(=O)C(C)(C)OC)Cc1ccc2oc(-c3ccccc3-c3nn[nH]n3)c(Br)c2c1. The number of carboxylic acids is 1. The predicted molar refractivity (Wildman–Crippen MR) is 162 cm³/mol. The molecule has 0 saturated carbocycles. The number of amidine groups is 1. The molecule has 0 amide bonds. The molecular weight excluding hydrogens is 644 g/mol. The molecule has 0 aliphatic carbocycles. The molecule has 1 aliphatic heterocycles. The third kappa shape index (κ3) is 5.60. The number of hydrogen-bond donors (Lipinski definition) is 2. The lowest BCUT2D eigenvalue weighted by Gasteiger charge is -2.35. The van der Waals surface area contributed by atoms with E-state index in [-0.39, 0.29) is 35.0 Å². The number of aliphatic imine (C=N–C) groups is 1. The summed E-state index contributed by atoms with van der Waals surface area (Å²) in [6, 6.07) is 13.2. The minimum absolute atomic E-state index is 0.0818. The number of tetrazole rings is 1. The number of aromatic amines is 1. The zero-order valence-corrected chi connectivity index (χ0v) is 26.2. The van der Waals surface area contributed by atoms with Gasteiger partial charge in [0.2, 0.25) is 16.8 Å². The molecule has 2 N–H and O–H groups in total. The van der Waals surface area contributed by atoms with E-state index in [0.717, 1.165) is 22.1 Å². The van der Waals surface area contributed by atoms with Crippen molar-refractivity contribution in [2.24, 2.45) is 4.99 Å². The van der Waals surface area contributed by atoms with E-state index in [1.807, 2.05) is 49.4 Å². The van der Waals surface area contributed by atoms with Gasteiger partial charge in [0.05, 0.1) is 4.47 Å². The molecule has 0 radical (unpaired) electrons. The predicted octanol–water partition coefficient (Wildman–Crippen LogP) is 5.64. The number of esters is 1. The van der Waals surface area contributed by atoms with Crippen LogP contribution in [0.25, 0.3) is 33.7 Å². The first-order valence-corrected chi connectivity index (χ1v) is 14.5. The van der Waals surface area contributed by atoms with E-state index < -0.39 is 17.5 Å². The molecule has 0 fully saturated rings. The molecule has 2 aromatic carbocycles. The summed E-state index contributed by atoms with van der Waals surface area (Å²) in [6.07, 6.45) is 0.430. The Morgan fingerprint density at radius 1 is 1.19 bits per heavy atom. The standard InChI is InChI=1S/C29H28BrClN6O6/c1-5-21-32-25(31)23(27(38)39)37(21,12-13-42-28(40)29(2,3)41-4)15-16-10-11-20-19(14-16)22(30)24(43-20)17-8-6-7-9-18(17)26-33-35-36-34-26/h6-11,14H,5,12-13,15H2,1-4H3,(H-,33,34,35,36,38,39)/p+1. The molecule has 1 aliphatic rings. The highest BCUT2D eigenvalue weighted by molar-refractivity contribution is 9.10. The van der Waals surface area contributed by atoms with Gasteiger partial charge in [0.15, 0.2) is 5.60 Å². The van der Waals surface area contributed by atoms with Crippen LogP contribution in [0.1, 0.15) is 32.8 Å². The van der Waals surface area contributed by atoms with Crippen molar-refractivity contribution in [3.63, 3.8) is 0 Å². The van der Waals surface area contributed by atoms with Crippen LogP contribution in [0.5, 0.6) is 0 Å². The van der Waals surface area contributed by atoms with E-state index in [9.17, 15) is 14.7 Å². The maximum atomic E-state index is 12.6. The average Bonchev–Trinajstić information content (AvgIpc) is 3.70. The van der Waals surface area contributed by atoms with E-state index >= 15 is 0 Å². The number of carbonyl (C=O) groups excluding carboxylic acids is 1. The lowest BCUT2D eigenvalue weighted by Crippen LogP contribution is -2.53. The molecule has 0 spiro atoms. The van der Waals surface area contributed by atoms with Crippen LogP contribution in [0.2, 0.25) is 0 Å². The summed E-state index contributed by atoms with van der Waals surface area (Å²) >= 11 is 10.1. The van der Waals surface area contributed by atoms with Gasteiger partial charge in [0, 0.05) is 35.6 Å². The van der Waals surface area contributed by atoms with Gasteiger partial charge in [-0.3, -0.25) is 0 Å². The summed E-state index contributed by atoms with van der Waals surface area (Å²) in [4.78, 5) is 29.6. The van der Waals surface area contributed by atoms with Crippen LogP contribution in [0.15, 0.2) is 67.2 Å². The van der Waals surface area contributed by atoms with Gasteiger partial charge in [-0.15, -0.1) is 10.2 Å². The van der Waals surface area contributed by atoms with Crippen molar-refractivity contribution in [3.8, 4) is 22.7 Å². The molecule has 4 aromatic rings. The Morgan fingerprint density at radius 3 is 2.58 bits per heavy atom. The van der Waals surface area contributed by atoms with E-state index in [2.05, 4.69) is 41.5 Å². The fraction of sp³-hybridized carbons (Fsp3) is 0.310. The number of carboxylic acid groups (broad SMARTS) is 1. The molecule has 0 saturated heterocycles. The molecular formula is C29H29BrClN6O6+. The fourth-order valence-corrected chi connectivity index (χ4v) is 6.06. The molecule has 1 unspecified atom stereocenters. The zero-order valence-electron chi connectivity index (χ0n) is 23.9. The van der Waals surface area contributed by atoms with Gasteiger partial charge in [-0.25, -0.2) is 14.1 Å². The average molecular weight is 673 g/mol. The molecule has 224 valence electrons. The Bertz CT molecular complexity index is 1770. The summed E-state index contributed by atoms with van der Waals surface area (Å²) in [5.74, 6) is -0.214. The van der Waals surface area contributed by atoms with Crippen molar-refractivity contribution in [1.82, 2.24) is 20.6 Å². The van der Waals surface area contributed by atoms with E-state index in [4.69, 9.17) is 25.5 Å². The minimum atomic E-state index is -1.20. The first-order chi connectivity index (χ1) is 20.5. The maximum absolute atomic E-state index is 12.6. The number of benzene rings is 2. The molecule has 2 aromatic heterocycles. The molecule has 12 nitrogen and oxygen atoms in total. The van der Waals surface area contributed by atoms with Crippen LogP contribution in [-0.4, -0.2) is 73.9 Å². The van der Waals surface area contributed by atoms with Crippen molar-refractivity contribution in [2.45, 2.75) is 39.3 Å². The Kier molecular flexibility index (Phi) is 8.52. The highest BCUT2D eigenvalue weighted by Crippen LogP contribution is 2.42. The number of halogens is 2. The lowest BCUT2D eigenvalue weighted by atomic mass is 10.0. The molecule has 3 heterocycles. The van der Waals surface area contributed by atoms with Crippen molar-refractivity contribution < 1.29 is 33.1 Å². The number of aliphatic carboxylic acids is 1. The van der Waals surface area contributed by atoms with Crippen molar-refractivity contribution >= 4 is 56.3 Å². The molecule has 43 heavy (non-hydrogen) atoms. The maximum Gasteiger partial charge on any atom is 0.394 e. The molecule has 1 atom stereocenters. The third-order valence-electron chi connectivity index (χ3n) is 7.47. The first-order valence-electron chi connectivity index (χ1n) is 13.4. The van der Waals surface area contributed by atoms with Gasteiger partial charge in [-0.05, 0) is 53.2 Å². The van der Waals surface area contributed by atoms with E-state index in [1.54, 1.807) is 13.8 Å². The van der Waals surface area contributed by atoms with Gasteiger partial charge in [-0.1, -0.05) is 42.8 Å². The van der Waals surface area contributed by atoms with Crippen molar-refractivity contribution in [3.05, 3.63) is 63.4 Å². The topological polar surface area (TPSA) is 153 Å². The van der Waals surface area contributed by atoms with Crippen LogP contribution in [0.3, 0.4) is 0 Å². The summed E-state index contributed by atoms with van der Waals surface area (Å²) < 4.78 is 17.5. The summed E-state index contributed by atoms with van der Waals surface area (Å²) in [5.41, 5.74) is 1.68. The number of carbonyl (C=O) groups is 2. The Labute approximate surface area is 260 Å². The number of aromatic nitrogens is 4. The molecule has 14 heteroatoms. The number of quaternary nitrogens is 1. The monoisotopic (exact) mass is 671 g/mol. The number of ether oxygens (including phenoxy) is 2. The number of nitrogens with zero attached hydrogens (tertiary/aromatic N) is 5. The first kappa shape index (κ1) is 30.5. The Balaban J connectivity index is 1.53. The van der Waals surface area contributed by atoms with E-state index in [1.165, 1.54) is 7.11 Å². The number of furan rings is 1. The van der Waals surface area contributed by atoms with Crippen LogP contribution >= 0.6 is 27.5 Å². The number of hydrogen-bond acceptors (Lipinski definition) is 9. The number of rotatable bonds is 11. The minimum Gasteiger partial charge on any atom is -0.474 e. The van der Waals surface area contributed by atoms with Crippen molar-refractivity contribution in [2.75, 3.05) is 20.3 Å². The Morgan fingerprint density at radius 2 is 1.93 bits per heavy atom. The summed E-state index contributed by atoms with van der Waals surface area (Å²) in [6.45, 7) is 5.29. The second-order valence-corrected chi connectivity index (χ2v) is 11.5. The Hall–Kier alpha value is -3.91. The second kappa shape index (κ2) is 12.0. The van der Waals surface area contributed by atoms with Gasteiger partial charge in [0.1, 0.15) is 31.0 Å². The van der Waals surface area contributed by atoms with Gasteiger partial charge in [-0.2, -0.15) is 10.2 Å². The largest absolute Gasteiger partial charge is 0.474 e. The number of methoxy groups -OCH3 is 1. The zero-order chi connectivity index (χ0) is 30.9. The fourth-order valence-electron chi connectivity index (χ4n) is 5.11. The van der Waals surface area contributed by atoms with Crippen LogP contribution < -0.4 is 0 Å². The van der Waals surface area contributed by atoms with Crippen LogP contribution in [0, 0.1) is 0 Å². The normalized spacial score (nSPS) is 17.0. The highest BCUT2D eigenvalue weighted by Gasteiger charge is 2.49. The van der Waals surface area contributed by atoms with Crippen LogP contribution in [0.4, 0.5) is 0 Å². The summed E-state index contributed by atoms with van der Waals surface area (Å²) in [5, 5.41) is 25.3. The summed E-state index contributed by atoms with van der Waals surface area (Å²) in [7, 11) is 1.42. The number of nitrogens with one attached hydrogen (secondary N) is 1. The molecule has 0 bridgehead atoms. The third-order valence-corrected chi connectivity index (χ3v) is 8.52. The van der Waals surface area contributed by atoms with Gasteiger partial charge < -0.3 is 19.0 Å². The van der Waals surface area contributed by atoms with E-state index in [0.29, 0.717) is 33.9 Å². The number of fused-ring (bicyclic) bond motifs is 1. The van der Waals surface area contributed by atoms with Crippen molar-refractivity contribution in [1.29, 1.82) is 0 Å². The quantitative estimate of drug-likeness (QED) is 0.117.